The molecule has 696 valence electrons. The molecule has 1 unspecified atom stereocenters. The van der Waals surface area contributed by atoms with Crippen LogP contribution in [-0.4, -0.2) is 147 Å². The number of aromatic nitrogens is 4. The van der Waals surface area contributed by atoms with Gasteiger partial charge in [0.05, 0.1) is 72.0 Å². The Bertz CT molecular complexity index is 6420. The molecule has 4 aromatic heterocycles. The highest BCUT2D eigenvalue weighted by Crippen LogP contribution is 2.55. The fourth-order valence-electron chi connectivity index (χ4n) is 17.1. The van der Waals surface area contributed by atoms with E-state index in [-0.39, 0.29) is 76.2 Å². The number of methoxy groups -OCH3 is 2. The second-order valence-electron chi connectivity index (χ2n) is 34.3. The molecule has 4 aliphatic heterocycles. The van der Waals surface area contributed by atoms with Crippen molar-refractivity contribution in [1.29, 1.82) is 0 Å². The fourth-order valence-corrected chi connectivity index (χ4v) is 19.2. The molecule has 0 spiro atoms. The van der Waals surface area contributed by atoms with Crippen molar-refractivity contribution < 1.29 is 90.1 Å². The summed E-state index contributed by atoms with van der Waals surface area (Å²) in [4.78, 5) is 71.1. The van der Waals surface area contributed by atoms with Crippen molar-refractivity contribution in [1.82, 2.24) is 29.6 Å². The second-order valence-corrected chi connectivity index (χ2v) is 37.1. The van der Waals surface area contributed by atoms with E-state index in [0.29, 0.717) is 77.5 Å². The van der Waals surface area contributed by atoms with Crippen molar-refractivity contribution in [2.75, 3.05) is 75.4 Å². The number of hydrogen-bond donors (Lipinski definition) is 8. The third-order valence-corrected chi connectivity index (χ3v) is 28.5. The molecule has 3 atom stereocenters. The highest BCUT2D eigenvalue weighted by Gasteiger charge is 2.55. The molecule has 8 aliphatic rings. The standard InChI is InChI=1S/C27H29N3O5S.C25H24N2O3.C24H22N2O4.C22H20N2O4S.C5H11NO.7H2/c1-35-22-7-2-5-20(17-22)27(14-15-27)26(32)29-25-9-3-8-24(28-25)19-10-12-23(13-11-19)36(33,34)30-16-4-6-21(30)18-31;1-15-5-4-6-18(11-15)20-13-26-23(17(3)16(20)2)27-24(28)25(9-10-25)19-7-8-21-22(12-19)30-14-29-21;1-15-10-22(25-12-19(15)17-4-2-16(13-27)3-5-17)26-23(28)24(8-9-24)18-6-7-20-21(11-18)30-14-29-20;1-28-17-9-7-16(8-10-17)22(13-14-22)21(25)24-20-4-2-3-19(23-20)15-5-11-18(12-6-15)29(26)27;7-4-5-2-1-3-6-5;;;;;;;/h2-3,5,7-13,17,21,31H,4,6,14-16,18H2,1H3,(H,28,29,32);4-8,11-13H,9-10,14H2,1-3H3,(H,26,27,28);2-7,10-12,27H,8-9,13-14H2,1H3,(H,25,26,28);2-12H,13-14H2,1H3,(H,26,27)(H,23,24,25);5-7H,1-4H2;7*1H/p-1/t21-;;;;5-;;;;;;;/m1...1......./s1. The van der Waals surface area contributed by atoms with Crippen molar-refractivity contribution in [3.05, 3.63) is 287 Å². The number of nitrogens with zero attached hydrogens (tertiary/aromatic N) is 5. The number of aliphatic hydroxyl groups is 3. The van der Waals surface area contributed by atoms with E-state index in [2.05, 4.69) is 84.6 Å². The Morgan fingerprint density at radius 2 is 1.01 bits per heavy atom. The number of hydrogen-bond acceptors (Lipinski definition) is 22. The van der Waals surface area contributed by atoms with Gasteiger partial charge in [0.15, 0.2) is 23.0 Å². The zero-order valence-corrected chi connectivity index (χ0v) is 75.8. The molecule has 0 radical (unpaired) electrons. The lowest BCUT2D eigenvalue weighted by atomic mass is 9.94. The second kappa shape index (κ2) is 39.9. The summed E-state index contributed by atoms with van der Waals surface area (Å²) in [6, 6.07) is 68.4. The number of aryl methyl sites for hydroxylation is 2. The third-order valence-electron chi connectivity index (χ3n) is 25.9. The molecule has 29 heteroatoms. The lowest BCUT2D eigenvalue weighted by molar-refractivity contribution is -0.119. The van der Waals surface area contributed by atoms with Gasteiger partial charge in [0, 0.05) is 68.2 Å². The Labute approximate surface area is 779 Å². The van der Waals surface area contributed by atoms with Gasteiger partial charge in [-0.2, -0.15) is 4.31 Å². The van der Waals surface area contributed by atoms with Crippen LogP contribution in [0.4, 0.5) is 23.3 Å². The monoisotopic (exact) mass is 1830 g/mol. The van der Waals surface area contributed by atoms with E-state index in [1.54, 1.807) is 68.9 Å². The van der Waals surface area contributed by atoms with Crippen LogP contribution >= 0.6 is 0 Å². The quantitative estimate of drug-likeness (QED) is 0.0260. The summed E-state index contributed by atoms with van der Waals surface area (Å²) in [7, 11) is -0.459. The topological polar surface area (TPSA) is 374 Å². The molecular formula is C103H119N10O17S2-. The van der Waals surface area contributed by atoms with Crippen molar-refractivity contribution in [2.24, 2.45) is 0 Å². The molecule has 4 saturated carbocycles. The highest BCUT2D eigenvalue weighted by atomic mass is 32.2. The van der Waals surface area contributed by atoms with Crippen molar-refractivity contribution in [3.63, 3.8) is 0 Å². The number of carbonyl (C=O) groups is 4. The maximum Gasteiger partial charge on any atom is 0.243 e. The van der Waals surface area contributed by atoms with Crippen LogP contribution < -0.4 is 55.0 Å². The number of pyridine rings is 4. The average molecular weight is 1830 g/mol. The summed E-state index contributed by atoms with van der Waals surface area (Å²) in [6.45, 7) is 10.3. The van der Waals surface area contributed by atoms with E-state index in [1.807, 2.05) is 160 Å². The minimum absolute atomic E-state index is 0. The maximum absolute atomic E-state index is 13.2. The summed E-state index contributed by atoms with van der Waals surface area (Å²) in [5.41, 5.74) is 13.9. The molecule has 8 N–H and O–H groups in total. The third kappa shape index (κ3) is 20.3. The van der Waals surface area contributed by atoms with Gasteiger partial charge in [-0.05, 0) is 281 Å². The smallest absolute Gasteiger partial charge is 0.243 e. The predicted molar refractivity (Wildman–Crippen MR) is 517 cm³/mol. The van der Waals surface area contributed by atoms with E-state index in [4.69, 9.17) is 33.5 Å². The zero-order chi connectivity index (χ0) is 92.5. The summed E-state index contributed by atoms with van der Waals surface area (Å²) in [5.74, 6) is 6.14. The number of fused-ring (bicyclic) bond motifs is 2. The molecule has 27 nitrogen and oxygen atoms in total. The van der Waals surface area contributed by atoms with Crippen LogP contribution in [0.3, 0.4) is 0 Å². The van der Waals surface area contributed by atoms with E-state index in [1.165, 1.54) is 28.4 Å². The minimum atomic E-state index is -3.68. The van der Waals surface area contributed by atoms with E-state index >= 15 is 0 Å². The van der Waals surface area contributed by atoms with E-state index in [0.717, 1.165) is 166 Å². The van der Waals surface area contributed by atoms with Crippen LogP contribution in [0.15, 0.2) is 247 Å². The van der Waals surface area contributed by atoms with Crippen LogP contribution in [0.2, 0.25) is 0 Å². The Morgan fingerprint density at radius 3 is 1.52 bits per heavy atom. The number of ether oxygens (including phenoxy) is 6. The lowest BCUT2D eigenvalue weighted by Crippen LogP contribution is -2.37. The molecule has 6 fully saturated rings. The van der Waals surface area contributed by atoms with Gasteiger partial charge in [-0.15, -0.1) is 0 Å². The summed E-state index contributed by atoms with van der Waals surface area (Å²) >= 11 is -2.26. The molecule has 132 heavy (non-hydrogen) atoms. The molecule has 4 amide bonds. The first-order valence-electron chi connectivity index (χ1n) is 44.2. The van der Waals surface area contributed by atoms with E-state index < -0.39 is 42.8 Å². The van der Waals surface area contributed by atoms with Gasteiger partial charge in [0.25, 0.3) is 0 Å². The first-order chi connectivity index (χ1) is 63.9. The normalized spacial score (nSPS) is 17.4. The zero-order valence-electron chi connectivity index (χ0n) is 74.2. The predicted octanol–water partition coefficient (Wildman–Crippen LogP) is 17.7. The number of benzene rings is 8. The van der Waals surface area contributed by atoms with E-state index in [9.17, 15) is 46.6 Å². The van der Waals surface area contributed by atoms with Crippen molar-refractivity contribution in [3.8, 4) is 79.3 Å². The van der Waals surface area contributed by atoms with Gasteiger partial charge in [-0.25, -0.2) is 28.4 Å². The number of carbonyl (C=O) groups excluding carboxylic acids is 4. The molecule has 8 aromatic carbocycles. The summed E-state index contributed by atoms with van der Waals surface area (Å²) < 4.78 is 81.7. The first kappa shape index (κ1) is 92.2. The van der Waals surface area contributed by atoms with Gasteiger partial charge in [0.1, 0.15) is 34.8 Å². The Morgan fingerprint density at radius 1 is 0.500 bits per heavy atom. The minimum Gasteiger partial charge on any atom is -0.768 e. The Kier molecular flexibility index (Phi) is 27.9. The molecular weight excluding hydrogens is 1710 g/mol. The largest absolute Gasteiger partial charge is 0.768 e. The number of amides is 4. The van der Waals surface area contributed by atoms with Gasteiger partial charge in [0.2, 0.25) is 47.2 Å². The van der Waals surface area contributed by atoms with Crippen LogP contribution in [0.25, 0.3) is 44.8 Å². The summed E-state index contributed by atoms with van der Waals surface area (Å²) in [6.07, 6.45) is 13.7. The van der Waals surface area contributed by atoms with Gasteiger partial charge in [-0.3, -0.25) is 23.4 Å². The van der Waals surface area contributed by atoms with Crippen LogP contribution in [-0.2, 0) is 68.5 Å². The maximum atomic E-state index is 13.2. The number of sulfonamides is 1. The molecule has 2 saturated heterocycles. The number of aliphatic hydroxyl groups excluding tert-OH is 3. The van der Waals surface area contributed by atoms with Crippen molar-refractivity contribution in [2.45, 2.75) is 155 Å². The van der Waals surface area contributed by atoms with Crippen LogP contribution in [0, 0.1) is 27.7 Å². The van der Waals surface area contributed by atoms with Gasteiger partial charge in [-0.1, -0.05) is 127 Å². The average Bonchev–Trinajstić information content (AvgIpc) is 1.61. The number of rotatable bonds is 24. The van der Waals surface area contributed by atoms with Crippen molar-refractivity contribution >= 4 is 68.0 Å². The molecule has 0 bridgehead atoms. The van der Waals surface area contributed by atoms with Gasteiger partial charge >= 0.3 is 0 Å². The number of anilines is 4. The summed E-state index contributed by atoms with van der Waals surface area (Å²) in [5, 5.41) is 42.4. The Balaban J connectivity index is 0.000000199. The van der Waals surface area contributed by atoms with Crippen LogP contribution in [0.1, 0.15) is 137 Å². The number of nitrogens with one attached hydrogen (secondary N) is 5. The SMILES string of the molecule is COc1ccc(C2(C(=O)Nc3cccc(-c4ccc(S(=O)[O-])cc4)n3)CC2)cc1.COc1cccc(C2(C(=O)Nc3cccc(-c4ccc(S(=O)(=O)N5CCC[C@@H]5CO)cc4)n3)CC2)c1.Cc1cc(NC(=O)C2(c3ccc4c(c3)OCO4)CC2)ncc1-c1ccc(CO)cc1.Cc1cccc(-c2cnc(NC(=O)C3(c4ccc5c(c4)OCO5)CC3)c(C)c2C)c1.OC[C@H]1CCCN1.[HH].[HH].[HH].[HH].[HH].[HH].[HH]. The Hall–Kier alpha value is -13.1. The molecule has 8 heterocycles. The molecule has 12 aromatic rings. The first-order valence-corrected chi connectivity index (χ1v) is 46.7. The van der Waals surface area contributed by atoms with Gasteiger partial charge < -0.3 is 74.9 Å². The fraction of sp³-hybridized carbons (Fsp3) is 0.301. The lowest BCUT2D eigenvalue weighted by Gasteiger charge is -2.22. The molecule has 4 aliphatic carbocycles. The van der Waals surface area contributed by atoms with Crippen LogP contribution in [0.5, 0.6) is 34.5 Å². The highest BCUT2D eigenvalue weighted by molar-refractivity contribution is 7.89. The molecule has 20 rings (SSSR count).